The maximum atomic E-state index is 14.8. The van der Waals surface area contributed by atoms with Crippen molar-refractivity contribution in [1.29, 1.82) is 0 Å². The van der Waals surface area contributed by atoms with E-state index in [0.29, 0.717) is 11.1 Å². The van der Waals surface area contributed by atoms with Gasteiger partial charge in [0.1, 0.15) is 5.69 Å². The number of alkyl halides is 3. The van der Waals surface area contributed by atoms with Gasteiger partial charge < -0.3 is 24.8 Å². The number of anilines is 2. The van der Waals surface area contributed by atoms with E-state index in [0.717, 1.165) is 30.7 Å². The molecule has 2 N–H and O–H groups in total. The molecule has 1 aliphatic carbocycles. The quantitative estimate of drug-likeness (QED) is 0.315. The number of carbonyl (C=O) groups excluding carboxylic acids is 1. The Balaban J connectivity index is 1.37. The van der Waals surface area contributed by atoms with Crippen LogP contribution in [0, 0.1) is 5.82 Å². The van der Waals surface area contributed by atoms with E-state index in [4.69, 9.17) is 0 Å². The van der Waals surface area contributed by atoms with Crippen LogP contribution in [0.15, 0.2) is 66.6 Å². The number of halogens is 4. The van der Waals surface area contributed by atoms with Crippen LogP contribution in [0.5, 0.6) is 5.75 Å². The molecule has 1 aromatic heterocycles. The summed E-state index contributed by atoms with van der Waals surface area (Å²) in [5, 5.41) is 5.84. The monoisotopic (exact) mass is 557 g/mol. The lowest BCUT2D eigenvalue weighted by molar-refractivity contribution is -0.274. The molecule has 0 saturated heterocycles. The van der Waals surface area contributed by atoms with E-state index < -0.39 is 25.1 Å². The number of ether oxygens (including phenoxy) is 1. The number of rotatable bonds is 5. The number of hydrogen-bond acceptors (Lipinski definition) is 7. The van der Waals surface area contributed by atoms with Crippen LogP contribution in [0.3, 0.4) is 0 Å². The van der Waals surface area contributed by atoms with Crippen molar-refractivity contribution < 1.29 is 31.7 Å². The molecule has 3 heterocycles. The molecule has 8 nitrogen and oxygen atoms in total. The van der Waals surface area contributed by atoms with Crippen molar-refractivity contribution in [2.75, 3.05) is 12.4 Å². The third kappa shape index (κ3) is 4.65. The lowest BCUT2D eigenvalue weighted by atomic mass is 9.99. The summed E-state index contributed by atoms with van der Waals surface area (Å²) in [5.41, 5.74) is 0.861. The molecule has 1 amide bonds. The van der Waals surface area contributed by atoms with Crippen molar-refractivity contribution in [1.82, 2.24) is 20.2 Å². The van der Waals surface area contributed by atoms with Gasteiger partial charge in [-0.2, -0.15) is 0 Å². The van der Waals surface area contributed by atoms with Crippen molar-refractivity contribution in [2.45, 2.75) is 24.7 Å². The van der Waals surface area contributed by atoms with Gasteiger partial charge in [0.05, 0.1) is 17.4 Å². The largest absolute Gasteiger partial charge is 0.573 e. The fourth-order valence-corrected chi connectivity index (χ4v) is 6.54. The van der Waals surface area contributed by atoms with E-state index >= 15 is 0 Å². The summed E-state index contributed by atoms with van der Waals surface area (Å²) < 4.78 is 71.8. The Kier molecular flexibility index (Phi) is 5.58. The van der Waals surface area contributed by atoms with E-state index in [1.54, 1.807) is 36.5 Å². The minimum absolute atomic E-state index is 0.150. The smallest absolute Gasteiger partial charge is 0.404 e. The van der Waals surface area contributed by atoms with Crippen LogP contribution in [0.25, 0.3) is 11.3 Å². The molecular weight excluding hydrogens is 537 g/mol. The minimum atomic E-state index is -5.01. The van der Waals surface area contributed by atoms with Crippen molar-refractivity contribution in [3.8, 4) is 17.0 Å². The molecule has 0 unspecified atom stereocenters. The number of nitrogens with one attached hydrogen (secondary N) is 2. The summed E-state index contributed by atoms with van der Waals surface area (Å²) in [7, 11) is -1.47. The van der Waals surface area contributed by atoms with Crippen LogP contribution in [0.2, 0.25) is 0 Å². The first kappa shape index (κ1) is 25.1. The van der Waals surface area contributed by atoms with Gasteiger partial charge in [0, 0.05) is 35.9 Å². The Morgan fingerprint density at radius 2 is 1.87 bits per heavy atom. The first-order chi connectivity index (χ1) is 18.4. The second kappa shape index (κ2) is 8.67. The Labute approximate surface area is 219 Å². The Bertz CT molecular complexity index is 1620. The molecule has 2 aromatic carbocycles. The topological polar surface area (TPSA) is 96.5 Å². The highest BCUT2D eigenvalue weighted by Crippen LogP contribution is 2.52. The maximum Gasteiger partial charge on any atom is 0.573 e. The standard InChI is InChI=1S/C26H20F4N5O3P/c1-35-8-10-39(37,11-9-35)16-3-5-21(38-26(28,29)30)20(13-16)32-24-31-14-19(27)22(33-24)15-2-4-18-17(12-15)23(36)34-25(18)6-7-25/h2-5,8-14H,6-7H2,1H3,(H,34,36)(H,31,32,33). The molecule has 0 bridgehead atoms. The molecule has 2 aliphatic heterocycles. The first-order valence-electron chi connectivity index (χ1n) is 11.8. The van der Waals surface area contributed by atoms with Gasteiger partial charge in [-0.1, -0.05) is 12.1 Å². The summed E-state index contributed by atoms with van der Waals surface area (Å²) in [4.78, 5) is 22.2. The molecule has 3 aliphatic rings. The van der Waals surface area contributed by atoms with Crippen LogP contribution in [-0.2, 0) is 10.1 Å². The highest BCUT2D eigenvalue weighted by Gasteiger charge is 2.52. The predicted molar refractivity (Wildman–Crippen MR) is 135 cm³/mol. The predicted octanol–water partition coefficient (Wildman–Crippen LogP) is 5.53. The maximum absolute atomic E-state index is 14.8. The van der Waals surface area contributed by atoms with Gasteiger partial charge in [0.2, 0.25) is 5.95 Å². The zero-order chi connectivity index (χ0) is 27.6. The van der Waals surface area contributed by atoms with E-state index in [-0.39, 0.29) is 34.1 Å². The highest BCUT2D eigenvalue weighted by molar-refractivity contribution is 7.77. The zero-order valence-corrected chi connectivity index (χ0v) is 21.2. The molecule has 1 fully saturated rings. The zero-order valence-electron chi connectivity index (χ0n) is 20.3. The number of fused-ring (bicyclic) bond motifs is 2. The van der Waals surface area contributed by atoms with Gasteiger partial charge in [-0.25, -0.2) is 14.4 Å². The van der Waals surface area contributed by atoms with E-state index in [9.17, 15) is 26.9 Å². The number of benzene rings is 2. The Morgan fingerprint density at radius 1 is 1.13 bits per heavy atom. The molecule has 200 valence electrons. The van der Waals surface area contributed by atoms with Crippen LogP contribution in [0.1, 0.15) is 28.8 Å². The summed E-state index contributed by atoms with van der Waals surface area (Å²) in [6.45, 7) is 0. The molecule has 0 atom stereocenters. The number of amides is 1. The fraction of sp³-hybridized carbons (Fsp3) is 0.192. The third-order valence-electron chi connectivity index (χ3n) is 6.79. The first-order valence-corrected chi connectivity index (χ1v) is 13.7. The summed E-state index contributed by atoms with van der Waals surface area (Å²) in [5.74, 6) is 1.06. The Morgan fingerprint density at radius 3 is 2.56 bits per heavy atom. The van der Waals surface area contributed by atoms with Gasteiger partial charge >= 0.3 is 6.36 Å². The molecular formula is C26H20F4N5O3P. The summed E-state index contributed by atoms with van der Waals surface area (Å²) in [6, 6.07) is 8.51. The summed E-state index contributed by atoms with van der Waals surface area (Å²) >= 11 is 0. The van der Waals surface area contributed by atoms with Crippen molar-refractivity contribution in [3.05, 3.63) is 83.6 Å². The van der Waals surface area contributed by atoms with Gasteiger partial charge in [-0.3, -0.25) is 4.79 Å². The molecule has 0 radical (unpaired) electrons. The lowest BCUT2D eigenvalue weighted by Gasteiger charge is -2.20. The number of carbonyl (C=O) groups is 1. The minimum Gasteiger partial charge on any atom is -0.404 e. The highest BCUT2D eigenvalue weighted by atomic mass is 31.2. The Hall–Kier alpha value is -4.18. The molecule has 39 heavy (non-hydrogen) atoms. The van der Waals surface area contributed by atoms with Crippen LogP contribution in [-0.4, -0.2) is 34.2 Å². The molecule has 3 aromatic rings. The van der Waals surface area contributed by atoms with E-state index in [2.05, 4.69) is 25.3 Å². The number of hydrogen-bond donors (Lipinski definition) is 2. The average Bonchev–Trinajstić information content (AvgIpc) is 3.61. The van der Waals surface area contributed by atoms with Gasteiger partial charge in [-0.05, 0) is 54.3 Å². The second-order valence-electron chi connectivity index (χ2n) is 9.51. The second-order valence-corrected chi connectivity index (χ2v) is 12.0. The molecule has 6 rings (SSSR count). The van der Waals surface area contributed by atoms with Crippen molar-refractivity contribution in [2.24, 2.45) is 0 Å². The molecule has 1 saturated carbocycles. The van der Waals surface area contributed by atoms with Gasteiger partial charge in [-0.15, -0.1) is 13.2 Å². The van der Waals surface area contributed by atoms with Crippen LogP contribution in [0.4, 0.5) is 29.2 Å². The van der Waals surface area contributed by atoms with Crippen LogP contribution < -0.4 is 20.7 Å². The third-order valence-corrected chi connectivity index (χ3v) is 9.02. The molecule has 13 heteroatoms. The van der Waals surface area contributed by atoms with Gasteiger partial charge in [0.25, 0.3) is 5.91 Å². The van der Waals surface area contributed by atoms with E-state index in [1.807, 2.05) is 0 Å². The fourth-order valence-electron chi connectivity index (χ4n) is 4.64. The van der Waals surface area contributed by atoms with Gasteiger partial charge in [0.15, 0.2) is 18.7 Å². The van der Waals surface area contributed by atoms with E-state index in [1.165, 1.54) is 29.8 Å². The SMILES string of the molecule is CN1C=CP(=O)(c2ccc(OC(F)(F)F)c(Nc3ncc(F)c(-c4ccc5c(c4)C(=O)NC54CC4)n3)c2)C=C1. The lowest BCUT2D eigenvalue weighted by Crippen LogP contribution is -2.25. The van der Waals surface area contributed by atoms with Crippen molar-refractivity contribution >= 4 is 30.0 Å². The van der Waals surface area contributed by atoms with Crippen molar-refractivity contribution in [3.63, 3.8) is 0 Å². The average molecular weight is 557 g/mol. The summed E-state index contributed by atoms with van der Waals surface area (Å²) in [6.07, 6.45) is 0.708. The number of nitrogens with zero attached hydrogens (tertiary/aromatic N) is 3. The van der Waals surface area contributed by atoms with Crippen LogP contribution >= 0.6 is 7.14 Å². The number of aromatic nitrogens is 2. The molecule has 1 spiro atoms. The normalized spacial score (nSPS) is 18.2.